The zero-order chi connectivity index (χ0) is 14.5. The van der Waals surface area contributed by atoms with Crippen molar-refractivity contribution in [1.82, 2.24) is 14.9 Å². The Morgan fingerprint density at radius 1 is 1.14 bits per heavy atom. The highest BCUT2D eigenvalue weighted by Crippen LogP contribution is 2.19. The van der Waals surface area contributed by atoms with Gasteiger partial charge in [0.2, 0.25) is 5.91 Å². The number of amides is 1. The molecule has 8 heteroatoms. The van der Waals surface area contributed by atoms with Crippen LogP contribution in [0.2, 0.25) is 0 Å². The lowest BCUT2D eigenvalue weighted by molar-refractivity contribution is -0.117. The van der Waals surface area contributed by atoms with E-state index in [-0.39, 0.29) is 5.91 Å². The molecule has 1 N–H and O–H groups in total. The van der Waals surface area contributed by atoms with Gasteiger partial charge in [0, 0.05) is 49.3 Å². The van der Waals surface area contributed by atoms with Gasteiger partial charge in [0.1, 0.15) is 0 Å². The molecule has 0 saturated carbocycles. The molecule has 3 heterocycles. The van der Waals surface area contributed by atoms with Crippen LogP contribution in [0, 0.1) is 0 Å². The van der Waals surface area contributed by atoms with Gasteiger partial charge in [0.15, 0.2) is 10.3 Å². The second kappa shape index (κ2) is 6.97. The summed E-state index contributed by atoms with van der Waals surface area (Å²) in [7, 11) is 0. The van der Waals surface area contributed by atoms with Crippen LogP contribution in [0.4, 0.5) is 10.3 Å². The van der Waals surface area contributed by atoms with Crippen molar-refractivity contribution in [2.75, 3.05) is 42.9 Å². The molecule has 0 unspecified atom stereocenters. The molecule has 0 radical (unpaired) electrons. The highest BCUT2D eigenvalue weighted by Gasteiger charge is 2.18. The first-order chi connectivity index (χ1) is 10.3. The zero-order valence-corrected chi connectivity index (χ0v) is 13.2. The maximum Gasteiger partial charge on any atom is 0.240 e. The smallest absolute Gasteiger partial charge is 0.240 e. The average Bonchev–Trinajstić information content (AvgIpc) is 3.11. The van der Waals surface area contributed by atoms with E-state index in [1.165, 1.54) is 11.3 Å². The zero-order valence-electron chi connectivity index (χ0n) is 11.6. The molecule has 1 aliphatic rings. The Kier molecular flexibility index (Phi) is 4.79. The van der Waals surface area contributed by atoms with Crippen LogP contribution >= 0.6 is 22.7 Å². The fourth-order valence-corrected chi connectivity index (χ4v) is 3.58. The van der Waals surface area contributed by atoms with Gasteiger partial charge in [-0.25, -0.2) is 9.97 Å². The summed E-state index contributed by atoms with van der Waals surface area (Å²) in [5.74, 6) is 0.00708. The van der Waals surface area contributed by atoms with Gasteiger partial charge in [-0.05, 0) is 6.42 Å². The van der Waals surface area contributed by atoms with Crippen LogP contribution in [-0.4, -0.2) is 53.5 Å². The number of nitrogens with zero attached hydrogens (tertiary/aromatic N) is 4. The topological polar surface area (TPSA) is 61.4 Å². The van der Waals surface area contributed by atoms with Gasteiger partial charge in [-0.1, -0.05) is 0 Å². The van der Waals surface area contributed by atoms with E-state index in [2.05, 4.69) is 25.1 Å². The fraction of sp³-hybridized carbons (Fsp3) is 0.462. The minimum atomic E-state index is 0.00708. The molecule has 1 saturated heterocycles. The Morgan fingerprint density at radius 3 is 2.76 bits per heavy atom. The monoisotopic (exact) mass is 323 g/mol. The number of carbonyl (C=O) groups excluding carboxylic acids is 1. The van der Waals surface area contributed by atoms with Crippen molar-refractivity contribution in [1.29, 1.82) is 0 Å². The number of rotatable bonds is 4. The highest BCUT2D eigenvalue weighted by atomic mass is 32.1. The lowest BCUT2D eigenvalue weighted by Crippen LogP contribution is -2.36. The summed E-state index contributed by atoms with van der Waals surface area (Å²) in [6.45, 7) is 4.15. The van der Waals surface area contributed by atoms with Crippen molar-refractivity contribution in [3.8, 4) is 0 Å². The largest absolute Gasteiger partial charge is 0.347 e. The molecule has 1 amide bonds. The summed E-state index contributed by atoms with van der Waals surface area (Å²) in [4.78, 5) is 24.9. The summed E-state index contributed by atoms with van der Waals surface area (Å²) in [6.07, 6.45) is 4.58. The summed E-state index contributed by atoms with van der Waals surface area (Å²) in [5, 5.41) is 8.42. The second-order valence-electron chi connectivity index (χ2n) is 4.82. The molecular weight excluding hydrogens is 306 g/mol. The summed E-state index contributed by atoms with van der Waals surface area (Å²) >= 11 is 3.11. The SMILES string of the molecule is O=C(CN1CCCN(c2nccs2)CC1)Nc1nccs1. The van der Waals surface area contributed by atoms with Gasteiger partial charge >= 0.3 is 0 Å². The van der Waals surface area contributed by atoms with Crippen molar-refractivity contribution in [3.63, 3.8) is 0 Å². The quantitative estimate of drug-likeness (QED) is 0.929. The lowest BCUT2D eigenvalue weighted by Gasteiger charge is -2.20. The number of hydrogen-bond donors (Lipinski definition) is 1. The Morgan fingerprint density at radius 2 is 2.00 bits per heavy atom. The van der Waals surface area contributed by atoms with Crippen LogP contribution < -0.4 is 10.2 Å². The lowest BCUT2D eigenvalue weighted by atomic mass is 10.4. The number of hydrogen-bond acceptors (Lipinski definition) is 7. The standard InChI is InChI=1S/C13H17N5OS2/c19-11(16-12-14-2-8-20-12)10-17-4-1-5-18(7-6-17)13-15-3-9-21-13/h2-3,8-9H,1,4-7,10H2,(H,14,16,19). The van der Waals surface area contributed by atoms with Gasteiger partial charge in [-0.15, -0.1) is 22.7 Å². The van der Waals surface area contributed by atoms with Crippen LogP contribution in [0.25, 0.3) is 0 Å². The van der Waals surface area contributed by atoms with Crippen LogP contribution in [-0.2, 0) is 4.79 Å². The predicted octanol–water partition coefficient (Wildman–Crippen LogP) is 1.75. The maximum absolute atomic E-state index is 12.0. The van der Waals surface area contributed by atoms with Crippen molar-refractivity contribution >= 4 is 38.8 Å². The molecule has 0 aliphatic carbocycles. The minimum Gasteiger partial charge on any atom is -0.347 e. The number of carbonyl (C=O) groups is 1. The molecule has 21 heavy (non-hydrogen) atoms. The third-order valence-electron chi connectivity index (χ3n) is 3.32. The van der Waals surface area contributed by atoms with Crippen LogP contribution in [0.15, 0.2) is 23.2 Å². The van der Waals surface area contributed by atoms with E-state index < -0.39 is 0 Å². The van der Waals surface area contributed by atoms with Crippen LogP contribution in [0.3, 0.4) is 0 Å². The predicted molar refractivity (Wildman–Crippen MR) is 86.1 cm³/mol. The van der Waals surface area contributed by atoms with E-state index in [0.29, 0.717) is 11.7 Å². The van der Waals surface area contributed by atoms with E-state index in [4.69, 9.17) is 0 Å². The fourth-order valence-electron chi connectivity index (χ4n) is 2.34. The number of thiazole rings is 2. The summed E-state index contributed by atoms with van der Waals surface area (Å²) in [5.41, 5.74) is 0. The molecule has 0 spiro atoms. The van der Waals surface area contributed by atoms with Gasteiger partial charge in [0.25, 0.3) is 0 Å². The first-order valence-corrected chi connectivity index (χ1v) is 8.63. The van der Waals surface area contributed by atoms with Crippen LogP contribution in [0.1, 0.15) is 6.42 Å². The van der Waals surface area contributed by atoms with Gasteiger partial charge in [0.05, 0.1) is 6.54 Å². The molecule has 1 aliphatic heterocycles. The molecule has 2 aromatic rings. The highest BCUT2D eigenvalue weighted by molar-refractivity contribution is 7.14. The molecule has 3 rings (SSSR count). The summed E-state index contributed by atoms with van der Waals surface area (Å²) in [6, 6.07) is 0. The van der Waals surface area contributed by atoms with E-state index in [1.807, 2.05) is 17.0 Å². The van der Waals surface area contributed by atoms with Crippen molar-refractivity contribution in [3.05, 3.63) is 23.2 Å². The third-order valence-corrected chi connectivity index (χ3v) is 4.84. The molecule has 0 aromatic carbocycles. The Hall–Kier alpha value is -1.51. The average molecular weight is 323 g/mol. The molecule has 0 atom stereocenters. The maximum atomic E-state index is 12.0. The van der Waals surface area contributed by atoms with Crippen LogP contribution in [0.5, 0.6) is 0 Å². The molecule has 1 fully saturated rings. The van der Waals surface area contributed by atoms with Gasteiger partial charge < -0.3 is 10.2 Å². The Labute approximate surface area is 131 Å². The molecule has 112 valence electrons. The van der Waals surface area contributed by atoms with Crippen molar-refractivity contribution in [2.45, 2.75) is 6.42 Å². The van der Waals surface area contributed by atoms with Gasteiger partial charge in [-0.2, -0.15) is 0 Å². The van der Waals surface area contributed by atoms with Crippen molar-refractivity contribution < 1.29 is 4.79 Å². The van der Waals surface area contributed by atoms with Crippen molar-refractivity contribution in [2.24, 2.45) is 0 Å². The first kappa shape index (κ1) is 14.4. The number of aromatic nitrogens is 2. The Balaban J connectivity index is 1.49. The minimum absolute atomic E-state index is 0.00708. The number of anilines is 2. The first-order valence-electron chi connectivity index (χ1n) is 6.87. The van der Waals surface area contributed by atoms with Gasteiger partial charge in [-0.3, -0.25) is 9.69 Å². The summed E-state index contributed by atoms with van der Waals surface area (Å²) < 4.78 is 0. The van der Waals surface area contributed by atoms with E-state index in [9.17, 15) is 4.79 Å². The van der Waals surface area contributed by atoms with E-state index in [1.54, 1.807) is 17.5 Å². The second-order valence-corrected chi connectivity index (χ2v) is 6.58. The molecule has 0 bridgehead atoms. The normalized spacial score (nSPS) is 16.7. The molecule has 6 nitrogen and oxygen atoms in total. The van der Waals surface area contributed by atoms with E-state index in [0.717, 1.165) is 37.7 Å². The number of nitrogens with one attached hydrogen (secondary N) is 1. The third kappa shape index (κ3) is 3.99. The molecule has 2 aromatic heterocycles. The Bertz CT molecular complexity index is 557. The van der Waals surface area contributed by atoms with E-state index >= 15 is 0 Å². The molecular formula is C13H17N5OS2.